The molecule has 1 aliphatic rings. The third kappa shape index (κ3) is 5.22. The van der Waals surface area contributed by atoms with E-state index < -0.39 is 15.6 Å². The molecule has 8 heteroatoms. The SMILES string of the molecule is Cl.NC1(C(=O)Nc2cccc(NS(=O)(=O)c3ccccc3)c2)CCCCC1. The molecule has 3 rings (SSSR count). The molecule has 27 heavy (non-hydrogen) atoms. The van der Waals surface area contributed by atoms with Gasteiger partial charge in [0.05, 0.1) is 16.1 Å². The summed E-state index contributed by atoms with van der Waals surface area (Å²) in [7, 11) is -3.68. The van der Waals surface area contributed by atoms with Crippen LogP contribution in [-0.4, -0.2) is 19.9 Å². The van der Waals surface area contributed by atoms with Gasteiger partial charge < -0.3 is 11.1 Å². The van der Waals surface area contributed by atoms with Crippen LogP contribution in [0.4, 0.5) is 11.4 Å². The lowest BCUT2D eigenvalue weighted by molar-refractivity contribution is -0.122. The summed E-state index contributed by atoms with van der Waals surface area (Å²) in [6.45, 7) is 0. The lowest BCUT2D eigenvalue weighted by atomic mass is 9.82. The van der Waals surface area contributed by atoms with Crippen molar-refractivity contribution >= 4 is 39.7 Å². The number of carbonyl (C=O) groups is 1. The van der Waals surface area contributed by atoms with Crippen molar-refractivity contribution in [2.75, 3.05) is 10.0 Å². The van der Waals surface area contributed by atoms with Crippen LogP contribution >= 0.6 is 12.4 Å². The number of nitrogens with one attached hydrogen (secondary N) is 2. The molecule has 0 saturated heterocycles. The van der Waals surface area contributed by atoms with Gasteiger partial charge in [0.15, 0.2) is 0 Å². The van der Waals surface area contributed by atoms with Crippen LogP contribution in [0.15, 0.2) is 59.5 Å². The quantitative estimate of drug-likeness (QED) is 0.703. The van der Waals surface area contributed by atoms with E-state index in [9.17, 15) is 13.2 Å². The van der Waals surface area contributed by atoms with Crippen molar-refractivity contribution in [3.8, 4) is 0 Å². The molecule has 0 atom stereocenters. The summed E-state index contributed by atoms with van der Waals surface area (Å²) in [5, 5.41) is 2.82. The van der Waals surface area contributed by atoms with Gasteiger partial charge in [-0.1, -0.05) is 43.5 Å². The molecule has 1 aliphatic carbocycles. The summed E-state index contributed by atoms with van der Waals surface area (Å²) in [5.41, 5.74) is 6.28. The lowest BCUT2D eigenvalue weighted by Crippen LogP contribution is -2.52. The van der Waals surface area contributed by atoms with Crippen LogP contribution in [0, 0.1) is 0 Å². The van der Waals surface area contributed by atoms with Crippen LogP contribution < -0.4 is 15.8 Å². The number of anilines is 2. The number of carbonyl (C=O) groups excluding carboxylic acids is 1. The Morgan fingerprint density at radius 3 is 2.22 bits per heavy atom. The molecule has 0 unspecified atom stereocenters. The topological polar surface area (TPSA) is 101 Å². The summed E-state index contributed by atoms with van der Waals surface area (Å²) >= 11 is 0. The number of nitrogens with two attached hydrogens (primary N) is 1. The number of sulfonamides is 1. The highest BCUT2D eigenvalue weighted by Gasteiger charge is 2.35. The van der Waals surface area contributed by atoms with Gasteiger partial charge in [-0.2, -0.15) is 0 Å². The molecule has 0 aromatic heterocycles. The number of hydrogen-bond acceptors (Lipinski definition) is 4. The zero-order chi connectivity index (χ0) is 18.6. The number of benzene rings is 2. The first-order valence-electron chi connectivity index (χ1n) is 8.67. The van der Waals surface area contributed by atoms with E-state index in [-0.39, 0.29) is 23.2 Å². The van der Waals surface area contributed by atoms with Crippen LogP contribution in [0.1, 0.15) is 32.1 Å². The normalized spacial score (nSPS) is 16.0. The number of rotatable bonds is 5. The number of halogens is 1. The molecule has 0 heterocycles. The summed E-state index contributed by atoms with van der Waals surface area (Å²) < 4.78 is 27.4. The van der Waals surface area contributed by atoms with Gasteiger partial charge in [-0.25, -0.2) is 8.42 Å². The summed E-state index contributed by atoms with van der Waals surface area (Å²) in [5.74, 6) is -0.222. The van der Waals surface area contributed by atoms with Gasteiger partial charge in [0.2, 0.25) is 5.91 Å². The van der Waals surface area contributed by atoms with Gasteiger partial charge >= 0.3 is 0 Å². The Bertz CT molecular complexity index is 882. The van der Waals surface area contributed by atoms with Gasteiger partial charge in [-0.05, 0) is 43.2 Å². The molecule has 146 valence electrons. The van der Waals surface area contributed by atoms with Crippen LogP contribution in [0.2, 0.25) is 0 Å². The van der Waals surface area contributed by atoms with Gasteiger partial charge in [0.1, 0.15) is 0 Å². The second-order valence-electron chi connectivity index (χ2n) is 6.67. The van der Waals surface area contributed by atoms with E-state index in [1.54, 1.807) is 42.5 Å². The van der Waals surface area contributed by atoms with E-state index in [4.69, 9.17) is 5.73 Å². The highest BCUT2D eigenvalue weighted by atomic mass is 35.5. The Kier molecular flexibility index (Phi) is 6.86. The highest BCUT2D eigenvalue weighted by Crippen LogP contribution is 2.28. The van der Waals surface area contributed by atoms with Crippen LogP contribution in [0.5, 0.6) is 0 Å². The minimum atomic E-state index is -3.68. The molecule has 6 nitrogen and oxygen atoms in total. The van der Waals surface area contributed by atoms with Crippen molar-refractivity contribution in [2.24, 2.45) is 5.73 Å². The van der Waals surface area contributed by atoms with E-state index in [2.05, 4.69) is 10.0 Å². The second-order valence-corrected chi connectivity index (χ2v) is 8.35. The van der Waals surface area contributed by atoms with Gasteiger partial charge in [-0.15, -0.1) is 12.4 Å². The van der Waals surface area contributed by atoms with E-state index >= 15 is 0 Å². The van der Waals surface area contributed by atoms with Crippen molar-refractivity contribution in [3.63, 3.8) is 0 Å². The molecule has 4 N–H and O–H groups in total. The highest BCUT2D eigenvalue weighted by molar-refractivity contribution is 7.92. The molecule has 0 spiro atoms. The Labute approximate surface area is 166 Å². The van der Waals surface area contributed by atoms with Crippen molar-refractivity contribution in [1.82, 2.24) is 0 Å². The lowest BCUT2D eigenvalue weighted by Gasteiger charge is -2.31. The van der Waals surface area contributed by atoms with Crippen molar-refractivity contribution < 1.29 is 13.2 Å². The van der Waals surface area contributed by atoms with E-state index in [0.717, 1.165) is 19.3 Å². The van der Waals surface area contributed by atoms with Crippen LogP contribution in [-0.2, 0) is 14.8 Å². The molecule has 2 aromatic rings. The number of hydrogen-bond donors (Lipinski definition) is 3. The van der Waals surface area contributed by atoms with Crippen molar-refractivity contribution in [2.45, 2.75) is 42.5 Å². The molecule has 1 fully saturated rings. The van der Waals surface area contributed by atoms with Crippen molar-refractivity contribution in [3.05, 3.63) is 54.6 Å². The summed E-state index contributed by atoms with van der Waals surface area (Å²) in [6, 6.07) is 14.7. The molecule has 1 amide bonds. The summed E-state index contributed by atoms with van der Waals surface area (Å²) in [4.78, 5) is 12.7. The monoisotopic (exact) mass is 409 g/mol. The minimum absolute atomic E-state index is 0. The fraction of sp³-hybridized carbons (Fsp3) is 0.316. The summed E-state index contributed by atoms with van der Waals surface area (Å²) in [6.07, 6.45) is 4.32. The van der Waals surface area contributed by atoms with E-state index in [1.165, 1.54) is 12.1 Å². The van der Waals surface area contributed by atoms with Crippen LogP contribution in [0.25, 0.3) is 0 Å². The maximum Gasteiger partial charge on any atom is 0.261 e. The van der Waals surface area contributed by atoms with Gasteiger partial charge in [0.25, 0.3) is 10.0 Å². The standard InChI is InChI=1S/C19H23N3O3S.ClH/c20-19(12-5-2-6-13-19)18(23)21-15-8-7-9-16(14-15)22-26(24,25)17-10-3-1-4-11-17;/h1,3-4,7-11,14,22H,2,5-6,12-13,20H2,(H,21,23);1H. The zero-order valence-electron chi connectivity index (χ0n) is 14.9. The fourth-order valence-electron chi connectivity index (χ4n) is 3.14. The average molecular weight is 410 g/mol. The maximum atomic E-state index is 12.5. The second kappa shape index (κ2) is 8.73. The third-order valence-corrected chi connectivity index (χ3v) is 6.02. The molecule has 2 aromatic carbocycles. The predicted molar refractivity (Wildman–Crippen MR) is 110 cm³/mol. The molecule has 0 aliphatic heterocycles. The van der Waals surface area contributed by atoms with Crippen molar-refractivity contribution in [1.29, 1.82) is 0 Å². The van der Waals surface area contributed by atoms with E-state index in [1.807, 2.05) is 0 Å². The Balaban J connectivity index is 0.00000261. The van der Waals surface area contributed by atoms with E-state index in [0.29, 0.717) is 24.2 Å². The first-order chi connectivity index (χ1) is 12.4. The van der Waals surface area contributed by atoms with Gasteiger partial charge in [-0.3, -0.25) is 9.52 Å². The smallest absolute Gasteiger partial charge is 0.261 e. The Morgan fingerprint density at radius 2 is 1.56 bits per heavy atom. The number of amides is 1. The minimum Gasteiger partial charge on any atom is -0.324 e. The average Bonchev–Trinajstić information content (AvgIpc) is 2.63. The molecular weight excluding hydrogens is 386 g/mol. The molecule has 0 radical (unpaired) electrons. The molecule has 1 saturated carbocycles. The maximum absolute atomic E-state index is 12.5. The van der Waals surface area contributed by atoms with Gasteiger partial charge in [0, 0.05) is 5.69 Å². The third-order valence-electron chi connectivity index (χ3n) is 4.62. The fourth-order valence-corrected chi connectivity index (χ4v) is 4.21. The first kappa shape index (κ1) is 21.2. The zero-order valence-corrected chi connectivity index (χ0v) is 16.5. The predicted octanol–water partition coefficient (Wildman–Crippen LogP) is 3.51. The van der Waals surface area contributed by atoms with Crippen LogP contribution in [0.3, 0.4) is 0 Å². The Hall–Kier alpha value is -2.09. The Morgan fingerprint density at radius 1 is 0.926 bits per heavy atom. The largest absolute Gasteiger partial charge is 0.324 e. The first-order valence-corrected chi connectivity index (χ1v) is 10.2. The molecular formula is C19H24ClN3O3S. The molecule has 0 bridgehead atoms.